The summed E-state index contributed by atoms with van der Waals surface area (Å²) in [5, 5.41) is 10.3. The molecule has 0 atom stereocenters. The molecule has 1 heterocycles. The van der Waals surface area contributed by atoms with Crippen LogP contribution in [0.25, 0.3) is 6.08 Å². The van der Waals surface area contributed by atoms with Crippen molar-refractivity contribution in [2.45, 2.75) is 0 Å². The monoisotopic (exact) mass is 283 g/mol. The predicted molar refractivity (Wildman–Crippen MR) is 69.0 cm³/mol. The van der Waals surface area contributed by atoms with Gasteiger partial charge >= 0.3 is 0 Å². The van der Waals surface area contributed by atoms with Gasteiger partial charge in [0.25, 0.3) is 0 Å². The third kappa shape index (κ3) is 3.12. The van der Waals surface area contributed by atoms with E-state index in [0.29, 0.717) is 5.13 Å². The molecule has 0 saturated carbocycles. The lowest BCUT2D eigenvalue weighted by Crippen LogP contribution is -2.07. The molecule has 92 valence electrons. The van der Waals surface area contributed by atoms with E-state index >= 15 is 0 Å². The van der Waals surface area contributed by atoms with Gasteiger partial charge in [-0.15, -0.1) is 10.2 Å². The summed E-state index contributed by atoms with van der Waals surface area (Å²) in [6.07, 6.45) is 2.50. The fourth-order valence-corrected chi connectivity index (χ4v) is 1.88. The van der Waals surface area contributed by atoms with Crippen LogP contribution in [0.3, 0.4) is 0 Å². The number of halogens is 2. The summed E-state index contributed by atoms with van der Waals surface area (Å²) < 4.78 is 13.4. The van der Waals surface area contributed by atoms with Crippen molar-refractivity contribution in [1.82, 2.24) is 10.2 Å². The van der Waals surface area contributed by atoms with E-state index in [0.717, 1.165) is 0 Å². The number of nitrogens with zero attached hydrogens (tertiary/aromatic N) is 2. The quantitative estimate of drug-likeness (QED) is 0.881. The molecule has 2 rings (SSSR count). The number of benzene rings is 1. The van der Waals surface area contributed by atoms with Crippen molar-refractivity contribution in [2.24, 2.45) is 0 Å². The minimum Gasteiger partial charge on any atom is -0.297 e. The molecular formula is C11H7ClFN3OS. The highest BCUT2D eigenvalue weighted by atomic mass is 35.5. The van der Waals surface area contributed by atoms with Gasteiger partial charge in [0.05, 0.1) is 5.02 Å². The lowest BCUT2D eigenvalue weighted by molar-refractivity contribution is -0.111. The fourth-order valence-electron chi connectivity index (χ4n) is 1.20. The molecule has 0 fully saturated rings. The Morgan fingerprint density at radius 1 is 1.50 bits per heavy atom. The molecule has 0 aliphatic heterocycles. The van der Waals surface area contributed by atoms with Gasteiger partial charge < -0.3 is 0 Å². The van der Waals surface area contributed by atoms with Gasteiger partial charge in [-0.2, -0.15) is 0 Å². The number of anilines is 1. The average Bonchev–Trinajstić information content (AvgIpc) is 2.81. The molecule has 4 nitrogen and oxygen atoms in total. The zero-order valence-corrected chi connectivity index (χ0v) is 10.5. The smallest absolute Gasteiger partial charge is 0.250 e. The first kappa shape index (κ1) is 12.7. The zero-order valence-electron chi connectivity index (χ0n) is 8.93. The number of amides is 1. The highest BCUT2D eigenvalue weighted by Gasteiger charge is 2.05. The van der Waals surface area contributed by atoms with E-state index in [1.165, 1.54) is 41.1 Å². The van der Waals surface area contributed by atoms with Crippen LogP contribution >= 0.6 is 22.9 Å². The lowest BCUT2D eigenvalue weighted by Gasteiger charge is -1.99. The van der Waals surface area contributed by atoms with Crippen molar-refractivity contribution in [3.8, 4) is 0 Å². The van der Waals surface area contributed by atoms with Crippen LogP contribution in [0, 0.1) is 5.82 Å². The molecule has 0 aliphatic carbocycles. The first-order valence-electron chi connectivity index (χ1n) is 4.86. The van der Waals surface area contributed by atoms with Crippen LogP contribution in [-0.2, 0) is 4.79 Å². The van der Waals surface area contributed by atoms with Gasteiger partial charge in [0.2, 0.25) is 11.0 Å². The van der Waals surface area contributed by atoms with Crippen LogP contribution in [0.15, 0.2) is 29.8 Å². The lowest BCUT2D eigenvalue weighted by atomic mass is 10.2. The van der Waals surface area contributed by atoms with E-state index in [2.05, 4.69) is 15.5 Å². The maximum absolute atomic E-state index is 13.4. The van der Waals surface area contributed by atoms with E-state index in [9.17, 15) is 9.18 Å². The van der Waals surface area contributed by atoms with E-state index in [4.69, 9.17) is 11.6 Å². The Bertz CT molecular complexity index is 566. The van der Waals surface area contributed by atoms with Gasteiger partial charge in [0, 0.05) is 11.6 Å². The number of aromatic nitrogens is 2. The molecule has 18 heavy (non-hydrogen) atoms. The van der Waals surface area contributed by atoms with Crippen molar-refractivity contribution in [2.75, 3.05) is 5.32 Å². The van der Waals surface area contributed by atoms with E-state index in [-0.39, 0.29) is 10.6 Å². The SMILES string of the molecule is O=C(C=Cc1c(F)cccc1Cl)Nc1nncs1. The van der Waals surface area contributed by atoms with Gasteiger partial charge in [-0.1, -0.05) is 29.0 Å². The number of nitrogens with one attached hydrogen (secondary N) is 1. The van der Waals surface area contributed by atoms with E-state index in [1.54, 1.807) is 6.07 Å². The van der Waals surface area contributed by atoms with Crippen LogP contribution in [0.1, 0.15) is 5.56 Å². The molecule has 2 aromatic rings. The van der Waals surface area contributed by atoms with E-state index < -0.39 is 11.7 Å². The standard InChI is InChI=1S/C11H7ClFN3OS/c12-8-2-1-3-9(13)7(8)4-5-10(17)15-11-16-14-6-18-11/h1-6H,(H,15,16,17). The summed E-state index contributed by atoms with van der Waals surface area (Å²) in [6.45, 7) is 0. The van der Waals surface area contributed by atoms with Crippen LogP contribution < -0.4 is 5.32 Å². The van der Waals surface area contributed by atoms with Crippen LogP contribution in [0.4, 0.5) is 9.52 Å². The summed E-state index contributed by atoms with van der Waals surface area (Å²) in [6, 6.07) is 4.32. The summed E-state index contributed by atoms with van der Waals surface area (Å²) in [5.74, 6) is -0.909. The maximum Gasteiger partial charge on any atom is 0.250 e. The second kappa shape index (κ2) is 5.70. The first-order valence-corrected chi connectivity index (χ1v) is 6.12. The number of hydrogen-bond acceptors (Lipinski definition) is 4. The number of rotatable bonds is 3. The third-order valence-corrected chi connectivity index (χ3v) is 2.93. The maximum atomic E-state index is 13.4. The first-order chi connectivity index (χ1) is 8.66. The normalized spacial score (nSPS) is 10.8. The van der Waals surface area contributed by atoms with Crippen molar-refractivity contribution in [3.63, 3.8) is 0 Å². The Morgan fingerprint density at radius 3 is 3.00 bits per heavy atom. The van der Waals surface area contributed by atoms with Crippen molar-refractivity contribution in [3.05, 3.63) is 46.2 Å². The Labute approximate surface area is 111 Å². The molecule has 1 aromatic carbocycles. The van der Waals surface area contributed by atoms with Gasteiger partial charge in [-0.25, -0.2) is 4.39 Å². The van der Waals surface area contributed by atoms with Crippen LogP contribution in [0.2, 0.25) is 5.02 Å². The Balaban J connectivity index is 2.09. The van der Waals surface area contributed by atoms with Crippen molar-refractivity contribution < 1.29 is 9.18 Å². The molecule has 0 unspecified atom stereocenters. The van der Waals surface area contributed by atoms with Crippen molar-refractivity contribution in [1.29, 1.82) is 0 Å². The van der Waals surface area contributed by atoms with Crippen LogP contribution in [0.5, 0.6) is 0 Å². The highest BCUT2D eigenvalue weighted by molar-refractivity contribution is 7.13. The second-order valence-electron chi connectivity index (χ2n) is 3.20. The molecule has 7 heteroatoms. The van der Waals surface area contributed by atoms with Crippen molar-refractivity contribution >= 4 is 40.1 Å². The summed E-state index contributed by atoms with van der Waals surface area (Å²) in [5.41, 5.74) is 1.67. The van der Waals surface area contributed by atoms with Gasteiger partial charge in [-0.05, 0) is 18.2 Å². The van der Waals surface area contributed by atoms with Gasteiger partial charge in [-0.3, -0.25) is 10.1 Å². The average molecular weight is 284 g/mol. The minimum atomic E-state index is -0.484. The predicted octanol–water partition coefficient (Wildman–Crippen LogP) is 2.98. The molecule has 0 bridgehead atoms. The second-order valence-corrected chi connectivity index (χ2v) is 4.44. The minimum absolute atomic E-state index is 0.173. The number of carbonyl (C=O) groups excluding carboxylic acids is 1. The largest absolute Gasteiger partial charge is 0.297 e. The third-order valence-electron chi connectivity index (χ3n) is 1.99. The molecule has 0 aliphatic rings. The molecular weight excluding hydrogens is 277 g/mol. The fraction of sp³-hybridized carbons (Fsp3) is 0. The van der Waals surface area contributed by atoms with Gasteiger partial charge in [0.15, 0.2) is 0 Å². The summed E-state index contributed by atoms with van der Waals surface area (Å²) >= 11 is 7.00. The van der Waals surface area contributed by atoms with E-state index in [1.807, 2.05) is 0 Å². The Morgan fingerprint density at radius 2 is 2.33 bits per heavy atom. The molecule has 1 amide bonds. The number of carbonyl (C=O) groups is 1. The van der Waals surface area contributed by atoms with Crippen LogP contribution in [-0.4, -0.2) is 16.1 Å². The number of hydrogen-bond donors (Lipinski definition) is 1. The summed E-state index contributed by atoms with van der Waals surface area (Å²) in [4.78, 5) is 11.5. The molecule has 1 aromatic heterocycles. The Kier molecular flexibility index (Phi) is 4.01. The van der Waals surface area contributed by atoms with Gasteiger partial charge in [0.1, 0.15) is 11.3 Å². The highest BCUT2D eigenvalue weighted by Crippen LogP contribution is 2.20. The summed E-state index contributed by atoms with van der Waals surface area (Å²) in [7, 11) is 0. The molecule has 0 saturated heterocycles. The topological polar surface area (TPSA) is 54.9 Å². The molecule has 0 spiro atoms. The molecule has 0 radical (unpaired) electrons. The molecule has 1 N–H and O–H groups in total. The zero-order chi connectivity index (χ0) is 13.0. The Hall–Kier alpha value is -1.79.